The largest absolute Gasteiger partial charge is 0.382 e. The molecule has 0 aliphatic carbocycles. The van der Waals surface area contributed by atoms with E-state index >= 15 is 0 Å². The van der Waals surface area contributed by atoms with Gasteiger partial charge in [-0.05, 0) is 0 Å². The molecule has 3 rings (SSSR count). The second kappa shape index (κ2) is 4.82. The first-order valence-electron chi connectivity index (χ1n) is 6.51. The number of aliphatic hydroxyl groups is 1. The van der Waals surface area contributed by atoms with Crippen molar-refractivity contribution in [1.82, 2.24) is 19.5 Å². The van der Waals surface area contributed by atoms with Gasteiger partial charge >= 0.3 is 0 Å². The van der Waals surface area contributed by atoms with Crippen molar-refractivity contribution in [3.8, 4) is 0 Å². The molecule has 0 bridgehead atoms. The number of rotatable bonds is 2. The van der Waals surface area contributed by atoms with Crippen LogP contribution in [-0.2, 0) is 12.6 Å². The Morgan fingerprint density at radius 3 is 2.40 bits per heavy atom. The van der Waals surface area contributed by atoms with Gasteiger partial charge in [-0.25, -0.2) is 19.3 Å². The van der Waals surface area contributed by atoms with Crippen LogP contribution in [0.5, 0.6) is 0 Å². The summed E-state index contributed by atoms with van der Waals surface area (Å²) in [6, 6.07) is 0. The van der Waals surface area contributed by atoms with Gasteiger partial charge in [-0.15, -0.1) is 0 Å². The molecule has 7 heteroatoms. The summed E-state index contributed by atoms with van der Waals surface area (Å²) < 4.78 is 14.7. The lowest BCUT2D eigenvalue weighted by molar-refractivity contribution is 0.000543. The minimum atomic E-state index is -0.922. The quantitative estimate of drug-likeness (QED) is 0.881. The third-order valence-corrected chi connectivity index (χ3v) is 3.72. The SMILES string of the molecule is Cn1ccnc1C1(O)CCN(c2ncc(F)cn2)CC1. The Morgan fingerprint density at radius 2 is 1.85 bits per heavy atom. The Kier molecular flexibility index (Phi) is 3.13. The molecule has 0 unspecified atom stereocenters. The van der Waals surface area contributed by atoms with E-state index in [-0.39, 0.29) is 0 Å². The van der Waals surface area contributed by atoms with Gasteiger partial charge in [-0.3, -0.25) is 0 Å². The molecule has 0 aromatic carbocycles. The third-order valence-electron chi connectivity index (χ3n) is 3.72. The maximum Gasteiger partial charge on any atom is 0.225 e. The van der Waals surface area contributed by atoms with Gasteiger partial charge in [0, 0.05) is 45.4 Å². The van der Waals surface area contributed by atoms with Gasteiger partial charge in [-0.1, -0.05) is 0 Å². The number of halogens is 1. The van der Waals surface area contributed by atoms with Crippen LogP contribution < -0.4 is 4.90 Å². The first-order valence-corrected chi connectivity index (χ1v) is 6.51. The Morgan fingerprint density at radius 1 is 1.20 bits per heavy atom. The van der Waals surface area contributed by atoms with Crippen LogP contribution in [0.2, 0.25) is 0 Å². The van der Waals surface area contributed by atoms with Crippen molar-refractivity contribution in [2.75, 3.05) is 18.0 Å². The lowest BCUT2D eigenvalue weighted by Crippen LogP contribution is -2.44. The van der Waals surface area contributed by atoms with Crippen molar-refractivity contribution in [2.45, 2.75) is 18.4 Å². The van der Waals surface area contributed by atoms with Crippen LogP contribution in [0.25, 0.3) is 0 Å². The Labute approximate surface area is 115 Å². The summed E-state index contributed by atoms with van der Waals surface area (Å²) in [6.07, 6.45) is 6.90. The van der Waals surface area contributed by atoms with E-state index in [4.69, 9.17) is 0 Å². The molecule has 1 aliphatic heterocycles. The smallest absolute Gasteiger partial charge is 0.225 e. The van der Waals surface area contributed by atoms with Gasteiger partial charge in [0.05, 0.1) is 12.4 Å². The predicted octanol–water partition coefficient (Wildman–Crippen LogP) is 0.837. The minimum Gasteiger partial charge on any atom is -0.382 e. The molecule has 1 N–H and O–H groups in total. The van der Waals surface area contributed by atoms with Crippen LogP contribution in [0.1, 0.15) is 18.7 Å². The molecule has 3 heterocycles. The van der Waals surface area contributed by atoms with E-state index in [2.05, 4.69) is 15.0 Å². The molecule has 2 aromatic rings. The number of anilines is 1. The average Bonchev–Trinajstić information content (AvgIpc) is 2.88. The molecule has 1 aliphatic rings. The number of piperidine rings is 1. The Hall–Kier alpha value is -2.02. The standard InChI is InChI=1S/C13H16FN5O/c1-18-7-4-15-11(18)13(20)2-5-19(6-3-13)12-16-8-10(14)9-17-12/h4,7-9,20H,2-3,5-6H2,1H3. The van der Waals surface area contributed by atoms with Crippen LogP contribution in [0.15, 0.2) is 24.8 Å². The number of hydrogen-bond acceptors (Lipinski definition) is 5. The molecule has 0 spiro atoms. The maximum absolute atomic E-state index is 12.8. The van der Waals surface area contributed by atoms with Crippen molar-refractivity contribution < 1.29 is 9.50 Å². The number of hydrogen-bond donors (Lipinski definition) is 1. The molecule has 1 saturated heterocycles. The lowest BCUT2D eigenvalue weighted by Gasteiger charge is -2.37. The van der Waals surface area contributed by atoms with E-state index in [9.17, 15) is 9.50 Å². The second-order valence-electron chi connectivity index (χ2n) is 5.08. The third kappa shape index (κ3) is 2.24. The lowest BCUT2D eigenvalue weighted by atomic mass is 9.90. The molecule has 1 fully saturated rings. The molecule has 0 amide bonds. The van der Waals surface area contributed by atoms with Crippen molar-refractivity contribution in [1.29, 1.82) is 0 Å². The Bertz CT molecular complexity index is 589. The summed E-state index contributed by atoms with van der Waals surface area (Å²) in [7, 11) is 1.87. The normalized spacial score (nSPS) is 18.2. The van der Waals surface area contributed by atoms with Gasteiger partial charge in [0.15, 0.2) is 5.82 Å². The van der Waals surface area contributed by atoms with E-state index in [1.54, 1.807) is 6.20 Å². The number of nitrogens with zero attached hydrogens (tertiary/aromatic N) is 5. The summed E-state index contributed by atoms with van der Waals surface area (Å²) in [4.78, 5) is 14.1. The zero-order valence-corrected chi connectivity index (χ0v) is 11.2. The second-order valence-corrected chi connectivity index (χ2v) is 5.08. The number of aryl methyl sites for hydroxylation is 1. The first kappa shape index (κ1) is 13.0. The van der Waals surface area contributed by atoms with E-state index in [1.807, 2.05) is 22.7 Å². The summed E-state index contributed by atoms with van der Waals surface area (Å²) >= 11 is 0. The molecule has 106 valence electrons. The highest BCUT2D eigenvalue weighted by Gasteiger charge is 2.37. The Balaban J connectivity index is 1.73. The fourth-order valence-electron chi connectivity index (χ4n) is 2.58. The van der Waals surface area contributed by atoms with Crippen molar-refractivity contribution in [2.24, 2.45) is 7.05 Å². The fraction of sp³-hybridized carbons (Fsp3) is 0.462. The molecular weight excluding hydrogens is 261 g/mol. The molecular formula is C13H16FN5O. The highest BCUT2D eigenvalue weighted by molar-refractivity contribution is 5.30. The number of imidazole rings is 1. The van der Waals surface area contributed by atoms with Crippen LogP contribution in [0.3, 0.4) is 0 Å². The van der Waals surface area contributed by atoms with Gasteiger partial charge < -0.3 is 14.6 Å². The van der Waals surface area contributed by atoms with Gasteiger partial charge in [-0.2, -0.15) is 0 Å². The van der Waals surface area contributed by atoms with E-state index in [0.29, 0.717) is 37.7 Å². The van der Waals surface area contributed by atoms with Gasteiger partial charge in [0.1, 0.15) is 11.4 Å². The molecule has 6 nitrogen and oxygen atoms in total. The van der Waals surface area contributed by atoms with E-state index in [0.717, 1.165) is 12.4 Å². The van der Waals surface area contributed by atoms with E-state index in [1.165, 1.54) is 0 Å². The number of aromatic nitrogens is 4. The van der Waals surface area contributed by atoms with Crippen LogP contribution >= 0.6 is 0 Å². The molecule has 0 saturated carbocycles. The van der Waals surface area contributed by atoms with E-state index < -0.39 is 11.4 Å². The highest BCUT2D eigenvalue weighted by atomic mass is 19.1. The van der Waals surface area contributed by atoms with Crippen molar-refractivity contribution in [3.05, 3.63) is 36.4 Å². The summed E-state index contributed by atoms with van der Waals surface area (Å²) in [5.41, 5.74) is -0.922. The zero-order valence-electron chi connectivity index (χ0n) is 11.2. The first-order chi connectivity index (χ1) is 9.58. The van der Waals surface area contributed by atoms with Crippen LogP contribution in [-0.4, -0.2) is 37.7 Å². The zero-order chi connectivity index (χ0) is 14.2. The molecule has 0 radical (unpaired) electrons. The van der Waals surface area contributed by atoms with Crippen molar-refractivity contribution in [3.63, 3.8) is 0 Å². The fourth-order valence-corrected chi connectivity index (χ4v) is 2.58. The monoisotopic (exact) mass is 277 g/mol. The topological polar surface area (TPSA) is 67.1 Å². The van der Waals surface area contributed by atoms with Gasteiger partial charge in [0.25, 0.3) is 0 Å². The predicted molar refractivity (Wildman–Crippen MR) is 70.5 cm³/mol. The summed E-state index contributed by atoms with van der Waals surface area (Å²) in [6.45, 7) is 1.21. The van der Waals surface area contributed by atoms with Gasteiger partial charge in [0.2, 0.25) is 5.95 Å². The summed E-state index contributed by atoms with van der Waals surface area (Å²) in [5, 5.41) is 10.7. The molecule has 0 atom stereocenters. The maximum atomic E-state index is 12.8. The van der Waals surface area contributed by atoms with Crippen LogP contribution in [0, 0.1) is 5.82 Å². The average molecular weight is 277 g/mol. The van der Waals surface area contributed by atoms with Crippen LogP contribution in [0.4, 0.5) is 10.3 Å². The molecule has 20 heavy (non-hydrogen) atoms. The highest BCUT2D eigenvalue weighted by Crippen LogP contribution is 2.32. The summed E-state index contributed by atoms with van der Waals surface area (Å²) in [5.74, 6) is 0.723. The molecule has 2 aromatic heterocycles. The minimum absolute atomic E-state index is 0.449. The van der Waals surface area contributed by atoms with Crippen molar-refractivity contribution >= 4 is 5.95 Å².